The van der Waals surface area contributed by atoms with E-state index in [1.807, 2.05) is 49.3 Å². The number of unbranched alkanes of at least 4 members (excludes halogenated alkanes) is 5. The van der Waals surface area contributed by atoms with Crippen LogP contribution in [-0.2, 0) is 0 Å². The van der Waals surface area contributed by atoms with Gasteiger partial charge in [0.25, 0.3) is 0 Å². The van der Waals surface area contributed by atoms with Gasteiger partial charge < -0.3 is 9.64 Å². The first-order valence-corrected chi connectivity index (χ1v) is 12.0. The number of hydrogen-bond acceptors (Lipinski definition) is 6. The fraction of sp³-hybridized carbons (Fsp3) is 0.400. The zero-order chi connectivity index (χ0) is 22.8. The zero-order valence-corrected chi connectivity index (χ0v) is 19.9. The molecule has 5 nitrogen and oxygen atoms in total. The van der Waals surface area contributed by atoms with Crippen molar-refractivity contribution in [2.45, 2.75) is 45.4 Å². The van der Waals surface area contributed by atoms with Crippen molar-refractivity contribution < 1.29 is 9.13 Å². The minimum Gasteiger partial charge on any atom is -0.483 e. The van der Waals surface area contributed by atoms with Gasteiger partial charge in [0.15, 0.2) is 10.9 Å². The van der Waals surface area contributed by atoms with Crippen LogP contribution in [0.2, 0.25) is 0 Å². The molecule has 0 bridgehead atoms. The standard InChI is InChI=1S/C25H31FN4OS/c1-4-5-6-7-8-9-16-31-24-18-27-25(32-24)19-10-15-23(22(26)17-19)29-28-20-11-13-21(14-12-20)30(2)3/h10-15,17-18H,4-9,16H2,1-3H3/b29-28+. The summed E-state index contributed by atoms with van der Waals surface area (Å²) in [6.45, 7) is 2.91. The van der Waals surface area contributed by atoms with Crippen molar-refractivity contribution in [3.05, 3.63) is 54.5 Å². The van der Waals surface area contributed by atoms with E-state index in [0.717, 1.165) is 22.2 Å². The molecule has 32 heavy (non-hydrogen) atoms. The van der Waals surface area contributed by atoms with E-state index in [0.29, 0.717) is 17.9 Å². The maximum atomic E-state index is 14.6. The Morgan fingerprint density at radius 2 is 1.72 bits per heavy atom. The van der Waals surface area contributed by atoms with Crippen molar-refractivity contribution in [1.82, 2.24) is 4.98 Å². The van der Waals surface area contributed by atoms with Crippen molar-refractivity contribution >= 4 is 28.4 Å². The molecule has 2 aromatic carbocycles. The van der Waals surface area contributed by atoms with Crippen LogP contribution in [0.25, 0.3) is 10.6 Å². The predicted molar refractivity (Wildman–Crippen MR) is 131 cm³/mol. The summed E-state index contributed by atoms with van der Waals surface area (Å²) >= 11 is 1.43. The normalized spacial score (nSPS) is 11.2. The van der Waals surface area contributed by atoms with Crippen LogP contribution >= 0.6 is 11.3 Å². The van der Waals surface area contributed by atoms with E-state index in [2.05, 4.69) is 22.1 Å². The van der Waals surface area contributed by atoms with Crippen LogP contribution in [-0.4, -0.2) is 25.7 Å². The third-order valence-electron chi connectivity index (χ3n) is 5.06. The number of aromatic nitrogens is 1. The maximum absolute atomic E-state index is 14.6. The zero-order valence-electron chi connectivity index (χ0n) is 19.1. The summed E-state index contributed by atoms with van der Waals surface area (Å²) in [5.41, 5.74) is 2.64. The van der Waals surface area contributed by atoms with Gasteiger partial charge in [0.05, 0.1) is 18.5 Å². The van der Waals surface area contributed by atoms with Gasteiger partial charge in [0, 0.05) is 25.3 Å². The largest absolute Gasteiger partial charge is 0.483 e. The van der Waals surface area contributed by atoms with Crippen LogP contribution in [0.1, 0.15) is 45.4 Å². The van der Waals surface area contributed by atoms with Gasteiger partial charge in [-0.1, -0.05) is 50.4 Å². The summed E-state index contributed by atoms with van der Waals surface area (Å²) in [6.07, 6.45) is 9.06. The van der Waals surface area contributed by atoms with Crippen LogP contribution < -0.4 is 9.64 Å². The molecule has 170 valence electrons. The quantitative estimate of drug-likeness (QED) is 0.205. The van der Waals surface area contributed by atoms with Crippen LogP contribution in [0.4, 0.5) is 21.5 Å². The predicted octanol–water partition coefficient (Wildman–Crippen LogP) is 8.17. The maximum Gasteiger partial charge on any atom is 0.194 e. The molecule has 0 aliphatic carbocycles. The second kappa shape index (κ2) is 12.3. The number of halogens is 1. The Bertz CT molecular complexity index is 1000. The van der Waals surface area contributed by atoms with E-state index < -0.39 is 5.82 Å². The molecule has 7 heteroatoms. The molecule has 0 aliphatic rings. The van der Waals surface area contributed by atoms with Crippen molar-refractivity contribution in [2.75, 3.05) is 25.6 Å². The molecule has 3 rings (SSSR count). The summed E-state index contributed by atoms with van der Waals surface area (Å²) in [4.78, 5) is 6.38. The van der Waals surface area contributed by atoms with Crippen LogP contribution in [0.5, 0.6) is 5.06 Å². The highest BCUT2D eigenvalue weighted by Crippen LogP contribution is 2.33. The molecule has 0 amide bonds. The number of anilines is 1. The molecule has 0 fully saturated rings. The number of nitrogens with zero attached hydrogens (tertiary/aromatic N) is 4. The monoisotopic (exact) mass is 454 g/mol. The molecule has 0 saturated heterocycles. The highest BCUT2D eigenvalue weighted by Gasteiger charge is 2.09. The molecular formula is C25H31FN4OS. The lowest BCUT2D eigenvalue weighted by atomic mass is 10.1. The second-order valence-corrected chi connectivity index (χ2v) is 8.87. The Morgan fingerprint density at radius 1 is 0.969 bits per heavy atom. The van der Waals surface area contributed by atoms with Crippen molar-refractivity contribution in [3.63, 3.8) is 0 Å². The number of ether oxygens (including phenoxy) is 1. The molecule has 3 aromatic rings. The van der Waals surface area contributed by atoms with Gasteiger partial charge in [-0.15, -0.1) is 5.11 Å². The SMILES string of the molecule is CCCCCCCCOc1cnc(-c2ccc(/N=N/c3ccc(N(C)C)cc3)c(F)c2)s1. The van der Waals surface area contributed by atoms with E-state index in [4.69, 9.17) is 4.74 Å². The average Bonchev–Trinajstić information content (AvgIpc) is 3.27. The minimum absolute atomic E-state index is 0.196. The third kappa shape index (κ3) is 7.12. The lowest BCUT2D eigenvalue weighted by molar-refractivity contribution is 0.312. The molecule has 0 aliphatic heterocycles. The second-order valence-electron chi connectivity index (χ2n) is 7.88. The summed E-state index contributed by atoms with van der Waals surface area (Å²) in [6, 6.07) is 12.5. The number of rotatable bonds is 12. The Kier molecular flexibility index (Phi) is 9.16. The number of benzene rings is 2. The molecule has 0 radical (unpaired) electrons. The lowest BCUT2D eigenvalue weighted by Gasteiger charge is -2.11. The summed E-state index contributed by atoms with van der Waals surface area (Å²) in [7, 11) is 3.95. The highest BCUT2D eigenvalue weighted by atomic mass is 32.1. The molecular weight excluding hydrogens is 423 g/mol. The minimum atomic E-state index is -0.430. The van der Waals surface area contributed by atoms with E-state index in [1.165, 1.54) is 49.5 Å². The van der Waals surface area contributed by atoms with Gasteiger partial charge in [0.1, 0.15) is 10.7 Å². The van der Waals surface area contributed by atoms with Gasteiger partial charge in [-0.3, -0.25) is 0 Å². The van der Waals surface area contributed by atoms with Gasteiger partial charge in [-0.05, 0) is 48.9 Å². The number of thiazole rings is 1. The third-order valence-corrected chi connectivity index (χ3v) is 6.02. The molecule has 1 aromatic heterocycles. The Labute approximate surface area is 194 Å². The van der Waals surface area contributed by atoms with Gasteiger partial charge >= 0.3 is 0 Å². The summed E-state index contributed by atoms with van der Waals surface area (Å²) < 4.78 is 20.4. The summed E-state index contributed by atoms with van der Waals surface area (Å²) in [5.74, 6) is -0.430. The first-order valence-electron chi connectivity index (χ1n) is 11.1. The molecule has 1 heterocycles. The molecule has 0 N–H and O–H groups in total. The van der Waals surface area contributed by atoms with E-state index in [1.54, 1.807) is 12.3 Å². The smallest absolute Gasteiger partial charge is 0.194 e. The van der Waals surface area contributed by atoms with Crippen molar-refractivity contribution in [2.24, 2.45) is 10.2 Å². The highest BCUT2D eigenvalue weighted by molar-refractivity contribution is 7.16. The van der Waals surface area contributed by atoms with E-state index in [-0.39, 0.29) is 5.69 Å². The molecule has 0 spiro atoms. The topological polar surface area (TPSA) is 50.1 Å². The molecule has 0 saturated carbocycles. The van der Waals surface area contributed by atoms with Crippen molar-refractivity contribution in [1.29, 1.82) is 0 Å². The lowest BCUT2D eigenvalue weighted by Crippen LogP contribution is -2.07. The van der Waals surface area contributed by atoms with Crippen molar-refractivity contribution in [3.8, 4) is 15.6 Å². The first-order chi connectivity index (χ1) is 15.6. The van der Waals surface area contributed by atoms with E-state index in [9.17, 15) is 4.39 Å². The van der Waals surface area contributed by atoms with Crippen LogP contribution in [0, 0.1) is 5.82 Å². The Balaban J connectivity index is 1.54. The summed E-state index contributed by atoms with van der Waals surface area (Å²) in [5, 5.41) is 9.69. The fourth-order valence-corrected chi connectivity index (χ4v) is 3.95. The van der Waals surface area contributed by atoms with Crippen LogP contribution in [0.15, 0.2) is 58.9 Å². The van der Waals surface area contributed by atoms with Gasteiger partial charge in [-0.25, -0.2) is 9.37 Å². The molecule has 0 unspecified atom stereocenters. The number of azo groups is 1. The Hall–Kier alpha value is -2.80. The van der Waals surface area contributed by atoms with Gasteiger partial charge in [-0.2, -0.15) is 5.11 Å². The fourth-order valence-electron chi connectivity index (χ4n) is 3.16. The average molecular weight is 455 g/mol. The first kappa shape index (κ1) is 23.9. The van der Waals surface area contributed by atoms with Crippen LogP contribution in [0.3, 0.4) is 0 Å². The number of hydrogen-bond donors (Lipinski definition) is 0. The molecule has 0 atom stereocenters. The van der Waals surface area contributed by atoms with E-state index >= 15 is 0 Å². The van der Waals surface area contributed by atoms with Gasteiger partial charge in [0.2, 0.25) is 0 Å². The Morgan fingerprint density at radius 3 is 2.44 bits per heavy atom.